The minimum atomic E-state index is -0.0907. The largest absolute Gasteiger partial charge is 0.303 e. The maximum Gasteiger partial charge on any atom is 0.269 e. The van der Waals surface area contributed by atoms with Crippen molar-refractivity contribution in [2.75, 3.05) is 0 Å². The van der Waals surface area contributed by atoms with Crippen molar-refractivity contribution in [3.63, 3.8) is 0 Å². The smallest absolute Gasteiger partial charge is 0.269 e. The highest BCUT2D eigenvalue weighted by Crippen LogP contribution is 2.14. The second kappa shape index (κ2) is 5.35. The van der Waals surface area contributed by atoms with Gasteiger partial charge >= 0.3 is 0 Å². The van der Waals surface area contributed by atoms with Crippen LogP contribution in [0.5, 0.6) is 0 Å². The molecule has 0 fully saturated rings. The monoisotopic (exact) mass is 216 g/mol. The average Bonchev–Trinajstić information content (AvgIpc) is 2.38. The number of allylic oxidation sites excluding steroid dienone is 2. The fourth-order valence-corrected chi connectivity index (χ4v) is 1.75. The molecule has 1 aliphatic rings. The number of benzene rings is 1. The summed E-state index contributed by atoms with van der Waals surface area (Å²) in [5.74, 6) is -0.0907. The average molecular weight is 216 g/mol. The molecule has 1 aliphatic carbocycles. The van der Waals surface area contributed by atoms with E-state index < -0.39 is 0 Å². The number of hydrogen-bond acceptors (Lipinski definition) is 2. The van der Waals surface area contributed by atoms with Crippen molar-refractivity contribution in [2.24, 2.45) is 0 Å². The van der Waals surface area contributed by atoms with Crippen LogP contribution in [0.4, 0.5) is 0 Å². The van der Waals surface area contributed by atoms with Crippen LogP contribution in [0.1, 0.15) is 36.0 Å². The lowest BCUT2D eigenvalue weighted by Crippen LogP contribution is -2.37. The highest BCUT2D eigenvalue weighted by molar-refractivity contribution is 5.93. The van der Waals surface area contributed by atoms with E-state index in [0.29, 0.717) is 5.56 Å². The third kappa shape index (κ3) is 2.86. The van der Waals surface area contributed by atoms with E-state index in [9.17, 15) is 4.79 Å². The standard InChI is InChI=1S/C13H16N2O/c16-13(11-7-3-1-4-8-11)15-14-12-9-5-2-6-10-12/h1,3-4,7-9,14H,2,5-6,10H2,(H,15,16). The van der Waals surface area contributed by atoms with E-state index in [0.717, 1.165) is 18.5 Å². The Morgan fingerprint density at radius 2 is 1.94 bits per heavy atom. The van der Waals surface area contributed by atoms with Crippen LogP contribution in [-0.4, -0.2) is 5.91 Å². The van der Waals surface area contributed by atoms with E-state index in [1.165, 1.54) is 12.8 Å². The zero-order valence-electron chi connectivity index (χ0n) is 9.20. The Labute approximate surface area is 95.5 Å². The topological polar surface area (TPSA) is 41.1 Å². The van der Waals surface area contributed by atoms with Gasteiger partial charge in [0.25, 0.3) is 5.91 Å². The molecule has 0 radical (unpaired) electrons. The van der Waals surface area contributed by atoms with Crippen LogP contribution in [0.2, 0.25) is 0 Å². The Morgan fingerprint density at radius 1 is 1.12 bits per heavy atom. The molecule has 0 spiro atoms. The molecule has 84 valence electrons. The van der Waals surface area contributed by atoms with Gasteiger partial charge in [0.05, 0.1) is 0 Å². The first kappa shape index (κ1) is 10.7. The molecule has 0 unspecified atom stereocenters. The van der Waals surface area contributed by atoms with Crippen molar-refractivity contribution in [2.45, 2.75) is 25.7 Å². The summed E-state index contributed by atoms with van der Waals surface area (Å²) in [4.78, 5) is 11.7. The van der Waals surface area contributed by atoms with Crippen molar-refractivity contribution in [3.05, 3.63) is 47.7 Å². The molecule has 3 heteroatoms. The van der Waals surface area contributed by atoms with E-state index in [1.807, 2.05) is 18.2 Å². The highest BCUT2D eigenvalue weighted by Gasteiger charge is 2.06. The second-order valence-corrected chi connectivity index (χ2v) is 3.92. The summed E-state index contributed by atoms with van der Waals surface area (Å²) in [7, 11) is 0. The van der Waals surface area contributed by atoms with Gasteiger partial charge < -0.3 is 5.43 Å². The second-order valence-electron chi connectivity index (χ2n) is 3.92. The molecule has 0 heterocycles. The van der Waals surface area contributed by atoms with Gasteiger partial charge in [-0.3, -0.25) is 10.2 Å². The van der Waals surface area contributed by atoms with Gasteiger partial charge in [0.15, 0.2) is 0 Å². The van der Waals surface area contributed by atoms with Crippen LogP contribution in [0.15, 0.2) is 42.1 Å². The Balaban J connectivity index is 1.86. The SMILES string of the molecule is O=C(NNC1=CCCCC1)c1ccccc1. The molecule has 0 atom stereocenters. The van der Waals surface area contributed by atoms with Crippen molar-refractivity contribution in [1.82, 2.24) is 10.9 Å². The minimum Gasteiger partial charge on any atom is -0.303 e. The van der Waals surface area contributed by atoms with E-state index in [-0.39, 0.29) is 5.91 Å². The Morgan fingerprint density at radius 3 is 2.62 bits per heavy atom. The van der Waals surface area contributed by atoms with Crippen LogP contribution in [0.3, 0.4) is 0 Å². The molecular formula is C13H16N2O. The third-order valence-corrected chi connectivity index (χ3v) is 2.66. The fourth-order valence-electron chi connectivity index (χ4n) is 1.75. The number of amides is 1. The summed E-state index contributed by atoms with van der Waals surface area (Å²) >= 11 is 0. The minimum absolute atomic E-state index is 0.0907. The number of carbonyl (C=O) groups excluding carboxylic acids is 1. The predicted molar refractivity (Wildman–Crippen MR) is 63.6 cm³/mol. The molecular weight excluding hydrogens is 200 g/mol. The molecule has 0 saturated carbocycles. The first-order valence-corrected chi connectivity index (χ1v) is 5.67. The summed E-state index contributed by atoms with van der Waals surface area (Å²) < 4.78 is 0. The van der Waals surface area contributed by atoms with Crippen LogP contribution in [0, 0.1) is 0 Å². The van der Waals surface area contributed by atoms with Gasteiger partial charge in [0.2, 0.25) is 0 Å². The summed E-state index contributed by atoms with van der Waals surface area (Å²) in [6, 6.07) is 9.20. The summed E-state index contributed by atoms with van der Waals surface area (Å²) in [5, 5.41) is 0. The fraction of sp³-hybridized carbons (Fsp3) is 0.308. The molecule has 1 aromatic rings. The van der Waals surface area contributed by atoms with E-state index in [2.05, 4.69) is 16.9 Å². The zero-order valence-corrected chi connectivity index (χ0v) is 9.20. The van der Waals surface area contributed by atoms with Gasteiger partial charge in [0, 0.05) is 11.3 Å². The van der Waals surface area contributed by atoms with Gasteiger partial charge in [0.1, 0.15) is 0 Å². The Bertz CT molecular complexity index is 384. The molecule has 1 aromatic carbocycles. The number of hydrogen-bond donors (Lipinski definition) is 2. The van der Waals surface area contributed by atoms with Gasteiger partial charge in [-0.25, -0.2) is 0 Å². The van der Waals surface area contributed by atoms with E-state index in [1.54, 1.807) is 12.1 Å². The number of nitrogens with one attached hydrogen (secondary N) is 2. The van der Waals surface area contributed by atoms with Gasteiger partial charge in [-0.2, -0.15) is 0 Å². The first-order valence-electron chi connectivity index (χ1n) is 5.67. The Hall–Kier alpha value is -1.77. The lowest BCUT2D eigenvalue weighted by Gasteiger charge is -2.15. The van der Waals surface area contributed by atoms with Crippen molar-refractivity contribution >= 4 is 5.91 Å². The van der Waals surface area contributed by atoms with Gasteiger partial charge in [-0.15, -0.1) is 0 Å². The lowest BCUT2D eigenvalue weighted by molar-refractivity contribution is 0.0938. The first-order chi connectivity index (χ1) is 7.86. The van der Waals surface area contributed by atoms with Crippen molar-refractivity contribution in [3.8, 4) is 0 Å². The molecule has 3 nitrogen and oxygen atoms in total. The summed E-state index contributed by atoms with van der Waals surface area (Å²) in [6.07, 6.45) is 6.71. The molecule has 1 amide bonds. The zero-order chi connectivity index (χ0) is 11.2. The molecule has 0 aliphatic heterocycles. The quantitative estimate of drug-likeness (QED) is 0.762. The van der Waals surface area contributed by atoms with E-state index in [4.69, 9.17) is 0 Å². The number of rotatable bonds is 3. The van der Waals surface area contributed by atoms with E-state index >= 15 is 0 Å². The van der Waals surface area contributed by atoms with Crippen molar-refractivity contribution in [1.29, 1.82) is 0 Å². The summed E-state index contributed by atoms with van der Waals surface area (Å²) in [6.45, 7) is 0. The molecule has 0 saturated heterocycles. The summed E-state index contributed by atoms with van der Waals surface area (Å²) in [5.41, 5.74) is 7.49. The molecule has 0 aromatic heterocycles. The maximum absolute atomic E-state index is 11.7. The van der Waals surface area contributed by atoms with Crippen LogP contribution >= 0.6 is 0 Å². The maximum atomic E-state index is 11.7. The van der Waals surface area contributed by atoms with Crippen LogP contribution in [-0.2, 0) is 0 Å². The molecule has 2 rings (SSSR count). The molecule has 16 heavy (non-hydrogen) atoms. The molecule has 0 bridgehead atoms. The molecule has 2 N–H and O–H groups in total. The lowest BCUT2D eigenvalue weighted by atomic mass is 10.1. The van der Waals surface area contributed by atoms with Gasteiger partial charge in [-0.1, -0.05) is 24.3 Å². The highest BCUT2D eigenvalue weighted by atomic mass is 16.2. The third-order valence-electron chi connectivity index (χ3n) is 2.66. The normalized spacial score (nSPS) is 15.1. The number of hydrazine groups is 1. The predicted octanol–water partition coefficient (Wildman–Crippen LogP) is 2.38. The van der Waals surface area contributed by atoms with Crippen molar-refractivity contribution < 1.29 is 4.79 Å². The van der Waals surface area contributed by atoms with Crippen LogP contribution < -0.4 is 10.9 Å². The van der Waals surface area contributed by atoms with Gasteiger partial charge in [-0.05, 0) is 37.8 Å². The Kier molecular flexibility index (Phi) is 3.59. The van der Waals surface area contributed by atoms with Crippen LogP contribution in [0.25, 0.3) is 0 Å². The number of carbonyl (C=O) groups is 1.